The first-order valence-corrected chi connectivity index (χ1v) is 7.06. The van der Waals surface area contributed by atoms with Crippen LogP contribution in [-0.2, 0) is 5.60 Å². The van der Waals surface area contributed by atoms with Gasteiger partial charge in [-0.05, 0) is 55.2 Å². The van der Waals surface area contributed by atoms with Crippen LogP contribution >= 0.6 is 0 Å². The van der Waals surface area contributed by atoms with E-state index in [9.17, 15) is 9.50 Å². The van der Waals surface area contributed by atoms with Gasteiger partial charge < -0.3 is 9.84 Å². The van der Waals surface area contributed by atoms with E-state index in [1.54, 1.807) is 19.2 Å². The molecule has 0 spiro atoms. The van der Waals surface area contributed by atoms with Crippen molar-refractivity contribution in [3.05, 3.63) is 64.5 Å². The zero-order valence-corrected chi connectivity index (χ0v) is 12.9. The topological polar surface area (TPSA) is 29.5 Å². The highest BCUT2D eigenvalue weighted by molar-refractivity contribution is 5.51. The Kier molecular flexibility index (Phi) is 4.33. The minimum atomic E-state index is -1.27. The molecule has 21 heavy (non-hydrogen) atoms. The van der Waals surface area contributed by atoms with E-state index >= 15 is 0 Å². The first-order valence-electron chi connectivity index (χ1n) is 7.06. The summed E-state index contributed by atoms with van der Waals surface area (Å²) in [5, 5.41) is 11.2. The Hall–Kier alpha value is -1.87. The molecule has 0 aromatic heterocycles. The van der Waals surface area contributed by atoms with Gasteiger partial charge >= 0.3 is 0 Å². The van der Waals surface area contributed by atoms with Crippen LogP contribution in [0.5, 0.6) is 5.75 Å². The maximum absolute atomic E-state index is 13.6. The normalized spacial score (nSPS) is 13.8. The van der Waals surface area contributed by atoms with Crippen LogP contribution < -0.4 is 4.74 Å². The molecule has 112 valence electrons. The largest absolute Gasteiger partial charge is 0.496 e. The molecule has 1 N–H and O–H groups in total. The Morgan fingerprint density at radius 3 is 2.48 bits per heavy atom. The third-order valence-corrected chi connectivity index (χ3v) is 3.89. The van der Waals surface area contributed by atoms with Crippen LogP contribution in [0.4, 0.5) is 4.39 Å². The molecule has 2 aromatic carbocycles. The smallest absolute Gasteiger partial charge is 0.125 e. The van der Waals surface area contributed by atoms with Crippen LogP contribution in [-0.4, -0.2) is 12.2 Å². The lowest BCUT2D eigenvalue weighted by molar-refractivity contribution is 0.0726. The number of methoxy groups -OCH3 is 1. The lowest BCUT2D eigenvalue weighted by atomic mass is 9.81. The van der Waals surface area contributed by atoms with E-state index in [0.717, 1.165) is 11.1 Å². The number of halogens is 1. The maximum Gasteiger partial charge on any atom is 0.125 e. The molecule has 2 aromatic rings. The van der Waals surface area contributed by atoms with Crippen LogP contribution in [0.15, 0.2) is 36.4 Å². The number of hydrogen-bond donors (Lipinski definition) is 1. The number of benzene rings is 2. The quantitative estimate of drug-likeness (QED) is 0.918. The summed E-state index contributed by atoms with van der Waals surface area (Å²) >= 11 is 0. The molecule has 0 aliphatic rings. The van der Waals surface area contributed by atoms with E-state index in [-0.39, 0.29) is 5.82 Å². The summed E-state index contributed by atoms with van der Waals surface area (Å²) in [6, 6.07) is 9.99. The van der Waals surface area contributed by atoms with E-state index < -0.39 is 5.60 Å². The van der Waals surface area contributed by atoms with Crippen LogP contribution in [0.2, 0.25) is 0 Å². The molecule has 3 heteroatoms. The molecule has 0 bridgehead atoms. The van der Waals surface area contributed by atoms with Crippen molar-refractivity contribution in [2.24, 2.45) is 0 Å². The highest BCUT2D eigenvalue weighted by Gasteiger charge is 2.34. The molecule has 0 aliphatic heterocycles. The molecular formula is C18H21FO2. The van der Waals surface area contributed by atoms with Gasteiger partial charge in [-0.1, -0.05) is 25.1 Å². The zero-order chi connectivity index (χ0) is 15.6. The fourth-order valence-electron chi connectivity index (χ4n) is 2.89. The van der Waals surface area contributed by atoms with Crippen molar-refractivity contribution < 1.29 is 14.2 Å². The lowest BCUT2D eigenvalue weighted by Crippen LogP contribution is -2.28. The molecule has 0 radical (unpaired) electrons. The molecule has 2 nitrogen and oxygen atoms in total. The average molecular weight is 288 g/mol. The minimum absolute atomic E-state index is 0.358. The van der Waals surface area contributed by atoms with Crippen molar-refractivity contribution >= 4 is 0 Å². The minimum Gasteiger partial charge on any atom is -0.496 e. The molecular weight excluding hydrogens is 267 g/mol. The second kappa shape index (κ2) is 5.86. The summed E-state index contributed by atoms with van der Waals surface area (Å²) in [5.74, 6) is 0.268. The van der Waals surface area contributed by atoms with E-state index in [1.807, 2.05) is 32.9 Å². The molecule has 0 saturated carbocycles. The van der Waals surface area contributed by atoms with Gasteiger partial charge in [0, 0.05) is 5.56 Å². The molecule has 0 fully saturated rings. The highest BCUT2D eigenvalue weighted by Crippen LogP contribution is 2.41. The van der Waals surface area contributed by atoms with Gasteiger partial charge in [-0.2, -0.15) is 0 Å². The third-order valence-electron chi connectivity index (χ3n) is 3.89. The molecule has 1 unspecified atom stereocenters. The van der Waals surface area contributed by atoms with Gasteiger partial charge in [0.15, 0.2) is 0 Å². The van der Waals surface area contributed by atoms with Crippen molar-refractivity contribution in [2.75, 3.05) is 7.11 Å². The molecule has 0 aliphatic carbocycles. The van der Waals surface area contributed by atoms with Crippen LogP contribution in [0, 0.1) is 19.7 Å². The Balaban J connectivity index is 2.71. The number of ether oxygens (including phenoxy) is 1. The standard InChI is InChI=1S/C18H21FO2/c1-5-18(20,14-7-6-8-15(19)11-14)17-13(3)9-12(2)10-16(17)21-4/h6-11,20H,5H2,1-4H3. The van der Waals surface area contributed by atoms with E-state index in [1.165, 1.54) is 12.1 Å². The van der Waals surface area contributed by atoms with Crippen molar-refractivity contribution in [1.29, 1.82) is 0 Å². The zero-order valence-electron chi connectivity index (χ0n) is 12.9. The molecule has 0 saturated heterocycles. The highest BCUT2D eigenvalue weighted by atomic mass is 19.1. The number of aryl methyl sites for hydroxylation is 2. The van der Waals surface area contributed by atoms with Crippen molar-refractivity contribution in [3.63, 3.8) is 0 Å². The van der Waals surface area contributed by atoms with Gasteiger partial charge in [0.2, 0.25) is 0 Å². The second-order valence-corrected chi connectivity index (χ2v) is 5.38. The maximum atomic E-state index is 13.6. The van der Waals surface area contributed by atoms with Gasteiger partial charge in [-0.25, -0.2) is 4.39 Å². The summed E-state index contributed by atoms with van der Waals surface area (Å²) in [6.07, 6.45) is 0.427. The van der Waals surface area contributed by atoms with Crippen molar-refractivity contribution in [2.45, 2.75) is 32.8 Å². The predicted octanol–water partition coefficient (Wildman–Crippen LogP) is 4.10. The average Bonchev–Trinajstić information content (AvgIpc) is 2.45. The Morgan fingerprint density at radius 2 is 1.90 bits per heavy atom. The van der Waals surface area contributed by atoms with Crippen LogP contribution in [0.1, 0.15) is 35.6 Å². The Morgan fingerprint density at radius 1 is 1.19 bits per heavy atom. The lowest BCUT2D eigenvalue weighted by Gasteiger charge is -2.31. The first-order chi connectivity index (χ1) is 9.92. The molecule has 0 amide bonds. The molecule has 1 atom stereocenters. The van der Waals surface area contributed by atoms with Gasteiger partial charge in [-0.15, -0.1) is 0 Å². The summed E-state index contributed by atoms with van der Waals surface area (Å²) in [7, 11) is 1.58. The van der Waals surface area contributed by atoms with Crippen molar-refractivity contribution in [1.82, 2.24) is 0 Å². The SMILES string of the molecule is CCC(O)(c1cccc(F)c1)c1c(C)cc(C)cc1OC. The van der Waals surface area contributed by atoms with Crippen LogP contribution in [0.3, 0.4) is 0 Å². The van der Waals surface area contributed by atoms with Crippen LogP contribution in [0.25, 0.3) is 0 Å². The monoisotopic (exact) mass is 288 g/mol. The summed E-state index contributed by atoms with van der Waals surface area (Å²) in [6.45, 7) is 5.79. The van der Waals surface area contributed by atoms with E-state index in [2.05, 4.69) is 0 Å². The fourth-order valence-corrected chi connectivity index (χ4v) is 2.89. The molecule has 2 rings (SSSR count). The van der Waals surface area contributed by atoms with Gasteiger partial charge in [0.25, 0.3) is 0 Å². The third kappa shape index (κ3) is 2.79. The Labute approximate surface area is 125 Å². The second-order valence-electron chi connectivity index (χ2n) is 5.38. The fraction of sp³-hybridized carbons (Fsp3) is 0.333. The summed E-state index contributed by atoms with van der Waals surface area (Å²) in [4.78, 5) is 0. The van der Waals surface area contributed by atoms with E-state index in [4.69, 9.17) is 4.74 Å². The predicted molar refractivity (Wildman–Crippen MR) is 82.2 cm³/mol. The summed E-state index contributed by atoms with van der Waals surface area (Å²) < 4.78 is 19.0. The summed E-state index contributed by atoms with van der Waals surface area (Å²) in [5.41, 5.74) is 1.95. The Bertz CT molecular complexity index is 652. The molecule has 0 heterocycles. The van der Waals surface area contributed by atoms with Crippen molar-refractivity contribution in [3.8, 4) is 5.75 Å². The van der Waals surface area contributed by atoms with Gasteiger partial charge in [0.05, 0.1) is 7.11 Å². The van der Waals surface area contributed by atoms with Gasteiger partial charge in [-0.3, -0.25) is 0 Å². The van der Waals surface area contributed by atoms with E-state index in [0.29, 0.717) is 23.3 Å². The van der Waals surface area contributed by atoms with Gasteiger partial charge in [0.1, 0.15) is 17.2 Å². The first kappa shape index (κ1) is 15.5. The number of rotatable bonds is 4. The number of hydrogen-bond acceptors (Lipinski definition) is 2. The number of aliphatic hydroxyl groups is 1.